The normalized spacial score (nSPS) is 10.8. The summed E-state index contributed by atoms with van der Waals surface area (Å²) >= 11 is 0. The van der Waals surface area contributed by atoms with Gasteiger partial charge in [-0.05, 0) is 12.5 Å². The van der Waals surface area contributed by atoms with Crippen LogP contribution in [0, 0.1) is 0 Å². The highest BCUT2D eigenvalue weighted by Crippen LogP contribution is 2.05. The van der Waals surface area contributed by atoms with Gasteiger partial charge in [0, 0.05) is 0 Å². The summed E-state index contributed by atoms with van der Waals surface area (Å²) in [7, 11) is 0. The van der Waals surface area contributed by atoms with Crippen molar-refractivity contribution < 1.29 is 14.3 Å². The minimum atomic E-state index is -0.785. The average Bonchev–Trinajstić information content (AvgIpc) is 2.35. The Morgan fingerprint density at radius 2 is 2.00 bits per heavy atom. The number of primary amides is 1. The second-order valence-corrected chi connectivity index (χ2v) is 3.38. The molecule has 0 saturated heterocycles. The molecule has 0 saturated carbocycles. The molecule has 6 nitrogen and oxygen atoms in total. The number of esters is 1. The van der Waals surface area contributed by atoms with Crippen LogP contribution in [-0.4, -0.2) is 24.3 Å². The largest absolute Gasteiger partial charge is 0.466 e. The molecule has 0 spiro atoms. The van der Waals surface area contributed by atoms with E-state index in [2.05, 4.69) is 10.5 Å². The number of benzene rings is 1. The third-order valence-electron chi connectivity index (χ3n) is 2.03. The number of carbonyl (C=O) groups is 2. The average molecular weight is 249 g/mol. The smallest absolute Gasteiger partial charge is 0.332 e. The first-order valence-electron chi connectivity index (χ1n) is 5.46. The van der Waals surface area contributed by atoms with E-state index in [-0.39, 0.29) is 6.42 Å². The number of ether oxygens (including phenoxy) is 1. The van der Waals surface area contributed by atoms with Crippen LogP contribution in [0.3, 0.4) is 0 Å². The quantitative estimate of drug-likeness (QED) is 0.463. The van der Waals surface area contributed by atoms with Gasteiger partial charge in [-0.2, -0.15) is 5.10 Å². The summed E-state index contributed by atoms with van der Waals surface area (Å²) in [6, 6.07) is 8.22. The maximum atomic E-state index is 11.4. The first-order chi connectivity index (χ1) is 8.63. The third kappa shape index (κ3) is 4.65. The SMILES string of the molecule is CCOC(=O)CC(=NNC(N)=O)c1ccccc1. The van der Waals surface area contributed by atoms with Crippen molar-refractivity contribution in [1.82, 2.24) is 5.43 Å². The monoisotopic (exact) mass is 249 g/mol. The summed E-state index contributed by atoms with van der Waals surface area (Å²) in [5, 5.41) is 3.81. The van der Waals surface area contributed by atoms with Crippen LogP contribution < -0.4 is 11.2 Å². The van der Waals surface area contributed by atoms with Gasteiger partial charge >= 0.3 is 12.0 Å². The van der Waals surface area contributed by atoms with Crippen LogP contribution in [0.25, 0.3) is 0 Å². The van der Waals surface area contributed by atoms with Gasteiger partial charge in [-0.1, -0.05) is 30.3 Å². The molecule has 6 heteroatoms. The zero-order valence-electron chi connectivity index (χ0n) is 10.1. The molecule has 1 rings (SSSR count). The zero-order chi connectivity index (χ0) is 13.4. The lowest BCUT2D eigenvalue weighted by atomic mass is 10.1. The van der Waals surface area contributed by atoms with E-state index in [9.17, 15) is 9.59 Å². The predicted molar refractivity (Wildman–Crippen MR) is 66.9 cm³/mol. The summed E-state index contributed by atoms with van der Waals surface area (Å²) in [5.74, 6) is -0.411. The zero-order valence-corrected chi connectivity index (χ0v) is 10.1. The molecular formula is C12H15N3O3. The maximum Gasteiger partial charge on any atom is 0.332 e. The molecule has 0 radical (unpaired) electrons. The Bertz CT molecular complexity index is 443. The summed E-state index contributed by atoms with van der Waals surface area (Å²) in [6.45, 7) is 2.02. The van der Waals surface area contributed by atoms with E-state index in [1.54, 1.807) is 31.2 Å². The number of hydrazone groups is 1. The summed E-state index contributed by atoms with van der Waals surface area (Å²) < 4.78 is 4.84. The second kappa shape index (κ2) is 7.05. The fourth-order valence-electron chi connectivity index (χ4n) is 1.31. The fraction of sp³-hybridized carbons (Fsp3) is 0.250. The Kier molecular flexibility index (Phi) is 5.37. The Hall–Kier alpha value is -2.37. The molecule has 18 heavy (non-hydrogen) atoms. The number of carbonyl (C=O) groups excluding carboxylic acids is 2. The van der Waals surface area contributed by atoms with Gasteiger partial charge in [0.2, 0.25) is 0 Å². The summed E-state index contributed by atoms with van der Waals surface area (Å²) in [5.41, 5.74) is 8.16. The van der Waals surface area contributed by atoms with Crippen LogP contribution in [0.2, 0.25) is 0 Å². The minimum Gasteiger partial charge on any atom is -0.466 e. The van der Waals surface area contributed by atoms with E-state index in [0.717, 1.165) is 5.56 Å². The van der Waals surface area contributed by atoms with Crippen molar-refractivity contribution in [3.8, 4) is 0 Å². The van der Waals surface area contributed by atoms with Gasteiger partial charge in [0.05, 0.1) is 18.7 Å². The topological polar surface area (TPSA) is 93.8 Å². The van der Waals surface area contributed by atoms with Crippen LogP contribution in [0.1, 0.15) is 18.9 Å². The molecule has 0 heterocycles. The van der Waals surface area contributed by atoms with Crippen LogP contribution in [0.4, 0.5) is 4.79 Å². The van der Waals surface area contributed by atoms with Crippen LogP contribution >= 0.6 is 0 Å². The third-order valence-corrected chi connectivity index (χ3v) is 2.03. The second-order valence-electron chi connectivity index (χ2n) is 3.38. The number of urea groups is 1. The highest BCUT2D eigenvalue weighted by molar-refractivity contribution is 6.09. The van der Waals surface area contributed by atoms with Crippen molar-refractivity contribution in [2.45, 2.75) is 13.3 Å². The van der Waals surface area contributed by atoms with Gasteiger partial charge in [-0.25, -0.2) is 10.2 Å². The predicted octanol–water partition coefficient (Wildman–Crippen LogP) is 1.01. The van der Waals surface area contributed by atoms with Crippen LogP contribution in [-0.2, 0) is 9.53 Å². The summed E-state index contributed by atoms with van der Waals surface area (Å²) in [6.07, 6.45) is -0.0296. The lowest BCUT2D eigenvalue weighted by Crippen LogP contribution is -2.26. The molecule has 0 bridgehead atoms. The molecule has 0 fully saturated rings. The van der Waals surface area contributed by atoms with Crippen molar-refractivity contribution in [3.63, 3.8) is 0 Å². The maximum absolute atomic E-state index is 11.4. The number of hydrogen-bond acceptors (Lipinski definition) is 4. The molecule has 0 aliphatic rings. The Balaban J connectivity index is 2.85. The Morgan fingerprint density at radius 3 is 2.56 bits per heavy atom. The number of nitrogens with zero attached hydrogens (tertiary/aromatic N) is 1. The minimum absolute atomic E-state index is 0.0296. The molecule has 3 N–H and O–H groups in total. The molecule has 2 amide bonds. The number of nitrogens with one attached hydrogen (secondary N) is 1. The lowest BCUT2D eigenvalue weighted by Gasteiger charge is -2.06. The molecule has 0 aliphatic heterocycles. The van der Waals surface area contributed by atoms with Gasteiger partial charge in [0.15, 0.2) is 0 Å². The van der Waals surface area contributed by atoms with E-state index < -0.39 is 12.0 Å². The lowest BCUT2D eigenvalue weighted by molar-refractivity contribution is -0.141. The Labute approximate surface area is 105 Å². The van der Waals surface area contributed by atoms with Gasteiger partial charge in [-0.3, -0.25) is 4.79 Å². The number of amides is 2. The standard InChI is InChI=1S/C12H15N3O3/c1-2-18-11(16)8-10(14-15-12(13)17)9-6-4-3-5-7-9/h3-7H,2,8H2,1H3,(H3,13,15,17). The van der Waals surface area contributed by atoms with Crippen molar-refractivity contribution in [2.75, 3.05) is 6.61 Å². The van der Waals surface area contributed by atoms with Crippen molar-refractivity contribution >= 4 is 17.7 Å². The fourth-order valence-corrected chi connectivity index (χ4v) is 1.31. The first-order valence-corrected chi connectivity index (χ1v) is 5.46. The molecular weight excluding hydrogens is 234 g/mol. The molecule has 0 unspecified atom stereocenters. The van der Waals surface area contributed by atoms with Gasteiger partial charge in [0.1, 0.15) is 0 Å². The Morgan fingerprint density at radius 1 is 1.33 bits per heavy atom. The van der Waals surface area contributed by atoms with Gasteiger partial charge < -0.3 is 10.5 Å². The van der Waals surface area contributed by atoms with Crippen molar-refractivity contribution in [2.24, 2.45) is 10.8 Å². The highest BCUT2D eigenvalue weighted by atomic mass is 16.5. The first kappa shape index (κ1) is 13.7. The van der Waals surface area contributed by atoms with E-state index in [1.165, 1.54) is 0 Å². The van der Waals surface area contributed by atoms with Gasteiger partial charge in [0.25, 0.3) is 0 Å². The van der Waals surface area contributed by atoms with Gasteiger partial charge in [-0.15, -0.1) is 0 Å². The van der Waals surface area contributed by atoms with E-state index in [0.29, 0.717) is 12.3 Å². The van der Waals surface area contributed by atoms with Crippen molar-refractivity contribution in [3.05, 3.63) is 35.9 Å². The number of nitrogens with two attached hydrogens (primary N) is 1. The molecule has 1 aromatic carbocycles. The summed E-state index contributed by atoms with van der Waals surface area (Å²) in [4.78, 5) is 22.1. The molecule has 96 valence electrons. The van der Waals surface area contributed by atoms with E-state index in [4.69, 9.17) is 10.5 Å². The molecule has 0 atom stereocenters. The molecule has 0 aromatic heterocycles. The van der Waals surface area contributed by atoms with E-state index in [1.807, 2.05) is 6.07 Å². The van der Waals surface area contributed by atoms with Crippen LogP contribution in [0.15, 0.2) is 35.4 Å². The van der Waals surface area contributed by atoms with Crippen LogP contribution in [0.5, 0.6) is 0 Å². The highest BCUT2D eigenvalue weighted by Gasteiger charge is 2.11. The molecule has 1 aromatic rings. The van der Waals surface area contributed by atoms with E-state index >= 15 is 0 Å². The number of hydrogen-bond donors (Lipinski definition) is 2. The number of rotatable bonds is 5. The van der Waals surface area contributed by atoms with Crippen molar-refractivity contribution in [1.29, 1.82) is 0 Å². The molecule has 0 aliphatic carbocycles.